The second kappa shape index (κ2) is 10.4. The highest BCUT2D eigenvalue weighted by Crippen LogP contribution is 2.31. The van der Waals surface area contributed by atoms with E-state index in [1.807, 2.05) is 35.4 Å². The van der Waals surface area contributed by atoms with Crippen LogP contribution >= 0.6 is 0 Å². The number of carbonyl (C=O) groups excluding carboxylic acids is 1. The first-order chi connectivity index (χ1) is 18.5. The van der Waals surface area contributed by atoms with Crippen molar-refractivity contribution in [3.05, 3.63) is 72.4 Å². The molecule has 194 valence electrons. The first-order valence-corrected chi connectivity index (χ1v) is 13.5. The van der Waals surface area contributed by atoms with E-state index in [4.69, 9.17) is 4.98 Å². The van der Waals surface area contributed by atoms with Crippen LogP contribution in [-0.4, -0.2) is 60.5 Å². The summed E-state index contributed by atoms with van der Waals surface area (Å²) < 4.78 is 0. The molecule has 2 aliphatic rings. The van der Waals surface area contributed by atoms with Crippen LogP contribution in [0, 0.1) is 6.92 Å². The Balaban J connectivity index is 1.24. The molecular formula is C31H34N6O. The number of para-hydroxylation sites is 1. The summed E-state index contributed by atoms with van der Waals surface area (Å²) in [5.41, 5.74) is 7.50. The highest BCUT2D eigenvalue weighted by Gasteiger charge is 2.20. The van der Waals surface area contributed by atoms with Crippen LogP contribution in [0.1, 0.15) is 24.8 Å². The highest BCUT2D eigenvalue weighted by molar-refractivity contribution is 5.96. The second-order valence-corrected chi connectivity index (χ2v) is 10.4. The zero-order valence-electron chi connectivity index (χ0n) is 22.2. The lowest BCUT2D eigenvalue weighted by Gasteiger charge is -2.35. The number of benzene rings is 3. The van der Waals surface area contributed by atoms with Crippen molar-refractivity contribution in [2.75, 3.05) is 54.9 Å². The second-order valence-electron chi connectivity index (χ2n) is 10.4. The van der Waals surface area contributed by atoms with E-state index in [2.05, 4.69) is 70.5 Å². The van der Waals surface area contributed by atoms with Crippen molar-refractivity contribution < 1.29 is 4.79 Å². The maximum Gasteiger partial charge on any atom is 0.227 e. The van der Waals surface area contributed by atoms with Crippen LogP contribution in [-0.2, 0) is 4.79 Å². The van der Waals surface area contributed by atoms with Crippen molar-refractivity contribution in [3.8, 4) is 11.1 Å². The Morgan fingerprint density at radius 1 is 0.895 bits per heavy atom. The molecule has 0 atom stereocenters. The molecule has 0 spiro atoms. The van der Waals surface area contributed by atoms with Crippen molar-refractivity contribution in [2.45, 2.75) is 26.2 Å². The van der Waals surface area contributed by atoms with E-state index >= 15 is 0 Å². The number of rotatable bonds is 5. The molecule has 3 heterocycles. The molecule has 3 aromatic carbocycles. The van der Waals surface area contributed by atoms with Crippen LogP contribution in [0.2, 0.25) is 0 Å². The lowest BCUT2D eigenvalue weighted by atomic mass is 10.0. The van der Waals surface area contributed by atoms with E-state index in [0.29, 0.717) is 12.4 Å². The van der Waals surface area contributed by atoms with Gasteiger partial charge in [0, 0.05) is 73.4 Å². The monoisotopic (exact) mass is 506 g/mol. The SMILES string of the molecule is Cc1cc(Nc2ncc3cccc(-c4ccc(N5CCCCC5=O)cc4)c3n2)ccc1N1CCN(C)CC1. The summed E-state index contributed by atoms with van der Waals surface area (Å²) in [5.74, 6) is 0.789. The molecule has 1 aromatic heterocycles. The lowest BCUT2D eigenvalue weighted by molar-refractivity contribution is -0.119. The summed E-state index contributed by atoms with van der Waals surface area (Å²) in [4.78, 5) is 28.6. The van der Waals surface area contributed by atoms with Gasteiger partial charge in [0.2, 0.25) is 11.9 Å². The maximum absolute atomic E-state index is 12.3. The minimum absolute atomic E-state index is 0.212. The first-order valence-electron chi connectivity index (χ1n) is 13.5. The van der Waals surface area contributed by atoms with Gasteiger partial charge in [0.1, 0.15) is 0 Å². The van der Waals surface area contributed by atoms with Crippen molar-refractivity contribution in [2.24, 2.45) is 0 Å². The Labute approximate surface area is 224 Å². The van der Waals surface area contributed by atoms with Crippen LogP contribution in [0.3, 0.4) is 0 Å². The first kappa shape index (κ1) is 24.4. The van der Waals surface area contributed by atoms with Crippen LogP contribution in [0.15, 0.2) is 66.9 Å². The average molecular weight is 507 g/mol. The van der Waals surface area contributed by atoms with Crippen molar-refractivity contribution in [1.82, 2.24) is 14.9 Å². The van der Waals surface area contributed by atoms with Crippen LogP contribution in [0.4, 0.5) is 23.0 Å². The van der Waals surface area contributed by atoms with Gasteiger partial charge in [0.25, 0.3) is 0 Å². The summed E-state index contributed by atoms with van der Waals surface area (Å²) in [6, 6.07) is 20.9. The van der Waals surface area contributed by atoms with E-state index in [0.717, 1.165) is 79.0 Å². The van der Waals surface area contributed by atoms with Gasteiger partial charge in [0.05, 0.1) is 5.52 Å². The lowest BCUT2D eigenvalue weighted by Crippen LogP contribution is -2.44. The van der Waals surface area contributed by atoms with Gasteiger partial charge in [-0.2, -0.15) is 0 Å². The number of amides is 1. The molecule has 7 nitrogen and oxygen atoms in total. The van der Waals surface area contributed by atoms with Crippen LogP contribution in [0.25, 0.3) is 22.0 Å². The molecule has 38 heavy (non-hydrogen) atoms. The van der Waals surface area contributed by atoms with E-state index in [9.17, 15) is 4.79 Å². The quantitative estimate of drug-likeness (QED) is 0.379. The molecule has 0 bridgehead atoms. The van der Waals surface area contributed by atoms with E-state index in [-0.39, 0.29) is 5.91 Å². The van der Waals surface area contributed by atoms with Gasteiger partial charge in [-0.3, -0.25) is 4.79 Å². The van der Waals surface area contributed by atoms with E-state index in [1.54, 1.807) is 0 Å². The number of aromatic nitrogens is 2. The average Bonchev–Trinajstić information content (AvgIpc) is 2.94. The van der Waals surface area contributed by atoms with Gasteiger partial charge in [-0.25, -0.2) is 9.97 Å². The highest BCUT2D eigenvalue weighted by atomic mass is 16.2. The Hall–Kier alpha value is -3.97. The molecular weight excluding hydrogens is 472 g/mol. The number of likely N-dealkylation sites (N-methyl/N-ethyl adjacent to an activating group) is 1. The summed E-state index contributed by atoms with van der Waals surface area (Å²) in [5, 5.41) is 4.41. The van der Waals surface area contributed by atoms with Gasteiger partial charge >= 0.3 is 0 Å². The van der Waals surface area contributed by atoms with Gasteiger partial charge < -0.3 is 20.0 Å². The largest absolute Gasteiger partial charge is 0.369 e. The normalized spacial score (nSPS) is 16.7. The van der Waals surface area contributed by atoms with E-state index < -0.39 is 0 Å². The van der Waals surface area contributed by atoms with Gasteiger partial charge in [-0.1, -0.05) is 30.3 Å². The van der Waals surface area contributed by atoms with Gasteiger partial charge in [0.15, 0.2) is 0 Å². The molecule has 4 aromatic rings. The predicted molar refractivity (Wildman–Crippen MR) is 155 cm³/mol. The summed E-state index contributed by atoms with van der Waals surface area (Å²) in [6.07, 6.45) is 4.55. The van der Waals surface area contributed by atoms with Crippen LogP contribution in [0.5, 0.6) is 0 Å². The molecule has 0 unspecified atom stereocenters. The van der Waals surface area contributed by atoms with Crippen molar-refractivity contribution in [1.29, 1.82) is 0 Å². The number of anilines is 4. The molecule has 2 fully saturated rings. The number of fused-ring (bicyclic) bond motifs is 1. The number of hydrogen-bond acceptors (Lipinski definition) is 6. The molecule has 1 amide bonds. The topological polar surface area (TPSA) is 64.6 Å². The Morgan fingerprint density at radius 2 is 1.71 bits per heavy atom. The summed E-state index contributed by atoms with van der Waals surface area (Å²) in [7, 11) is 2.18. The molecule has 0 aliphatic carbocycles. The summed E-state index contributed by atoms with van der Waals surface area (Å²) >= 11 is 0. The number of nitrogens with zero attached hydrogens (tertiary/aromatic N) is 5. The molecule has 0 saturated carbocycles. The third kappa shape index (κ3) is 4.94. The standard InChI is InChI=1S/C31H34N6O/c1-22-20-25(11-14-28(22)36-18-16-35(2)17-19-36)33-31-32-21-24-6-5-7-27(30(24)34-31)23-9-12-26(13-10-23)37-15-4-3-8-29(37)38/h5-7,9-14,20-21H,3-4,8,15-19H2,1-2H3,(H,32,33,34). The zero-order valence-corrected chi connectivity index (χ0v) is 22.2. The predicted octanol–water partition coefficient (Wildman–Crippen LogP) is 5.62. The van der Waals surface area contributed by atoms with Gasteiger partial charge in [-0.15, -0.1) is 0 Å². The Kier molecular flexibility index (Phi) is 6.68. The van der Waals surface area contributed by atoms with Crippen LogP contribution < -0.4 is 15.1 Å². The van der Waals surface area contributed by atoms with E-state index in [1.165, 1.54) is 11.3 Å². The number of piperidine rings is 1. The maximum atomic E-state index is 12.3. The van der Waals surface area contributed by atoms with Crippen molar-refractivity contribution >= 4 is 39.8 Å². The number of piperazine rings is 1. The molecule has 2 saturated heterocycles. The minimum atomic E-state index is 0.212. The number of aryl methyl sites for hydroxylation is 1. The molecule has 0 radical (unpaired) electrons. The molecule has 2 aliphatic heterocycles. The number of hydrogen-bond donors (Lipinski definition) is 1. The fraction of sp³-hybridized carbons (Fsp3) is 0.323. The van der Waals surface area contributed by atoms with Crippen molar-refractivity contribution in [3.63, 3.8) is 0 Å². The fourth-order valence-corrected chi connectivity index (χ4v) is 5.51. The molecule has 1 N–H and O–H groups in total. The smallest absolute Gasteiger partial charge is 0.227 e. The third-order valence-electron chi connectivity index (χ3n) is 7.72. The zero-order chi connectivity index (χ0) is 26.1. The summed E-state index contributed by atoms with van der Waals surface area (Å²) in [6.45, 7) is 7.24. The Bertz CT molecular complexity index is 1460. The minimum Gasteiger partial charge on any atom is -0.369 e. The molecule has 6 rings (SSSR count). The molecule has 7 heteroatoms. The Morgan fingerprint density at radius 3 is 2.47 bits per heavy atom. The van der Waals surface area contributed by atoms with Gasteiger partial charge in [-0.05, 0) is 68.3 Å². The number of carbonyl (C=O) groups is 1. The third-order valence-corrected chi connectivity index (χ3v) is 7.72. The fourth-order valence-electron chi connectivity index (χ4n) is 5.51. The number of nitrogens with one attached hydrogen (secondary N) is 1.